The van der Waals surface area contributed by atoms with Crippen molar-refractivity contribution in [2.45, 2.75) is 164 Å². The molecule has 36 heteroatoms. The van der Waals surface area contributed by atoms with Gasteiger partial charge in [0.25, 0.3) is 0 Å². The predicted molar refractivity (Wildman–Crippen MR) is 324 cm³/mol. The zero-order valence-electron chi connectivity index (χ0n) is 50.5. The molecule has 1 aliphatic rings. The number of carboxylic acid groups (broad SMARTS) is 3. The molecule has 1 saturated heterocycles. The topological polar surface area (TPSA) is 591 Å². The highest BCUT2D eigenvalue weighted by molar-refractivity contribution is 7.98. The first-order valence-electron chi connectivity index (χ1n) is 28.9. The number of aromatic amines is 1. The number of nitrogens with one attached hydrogen (secondary N) is 9. The van der Waals surface area contributed by atoms with E-state index in [1.807, 2.05) is 0 Å². The van der Waals surface area contributed by atoms with Gasteiger partial charge in [0.15, 0.2) is 5.96 Å². The van der Waals surface area contributed by atoms with E-state index in [9.17, 15) is 87.5 Å². The van der Waals surface area contributed by atoms with Gasteiger partial charge in [0.1, 0.15) is 60.1 Å². The molecule has 2 heterocycles. The number of phenolic OH excluding ortho intramolecular Hbond substituents is 1. The average molecular weight is 1300 g/mol. The number of carbonyl (C=O) groups is 14. The number of rotatable bonds is 41. The second-order valence-electron chi connectivity index (χ2n) is 21.8. The molecule has 1 fully saturated rings. The number of carboxylic acids is 3. The smallest absolute Gasteiger partial charge is 0.326 e. The summed E-state index contributed by atoms with van der Waals surface area (Å²) < 4.78 is 0. The summed E-state index contributed by atoms with van der Waals surface area (Å²) in [6, 6.07) is -10.1. The van der Waals surface area contributed by atoms with Crippen LogP contribution in [-0.4, -0.2) is 210 Å². The number of nitrogens with two attached hydrogens (primary N) is 5. The Kier molecular flexibility index (Phi) is 31.6. The van der Waals surface area contributed by atoms with Crippen molar-refractivity contribution < 1.29 is 87.5 Å². The SMILES string of the molecule is CSCC[C@H](NC(=O)[C@H](CCC(=O)O)NC(=O)[C@H](CC(=O)O)NC(=O)[C@H](CCCN=C(N)N)NC(=O)[C@@H](N)CCC(N)=O)C(=O)N[C@@H](Cc1ccc(O)cc1)C(=O)N1CCC[C@H]1C(=O)N[C@@H](Cc1cnc[nH]1)C(=O)N[C@@H](CC(C)C)C(=O)N[C@@H](CC(N)=O)C(=O)O. The second-order valence-corrected chi connectivity index (χ2v) is 22.8. The molecule has 10 atom stereocenters. The van der Waals surface area contributed by atoms with Gasteiger partial charge in [0.2, 0.25) is 65.0 Å². The lowest BCUT2D eigenvalue weighted by Crippen LogP contribution is -2.61. The molecule has 0 saturated carbocycles. The molecule has 0 aliphatic carbocycles. The fourth-order valence-corrected chi connectivity index (χ4v) is 9.78. The van der Waals surface area contributed by atoms with Crippen molar-refractivity contribution >= 4 is 101 Å². The standard InChI is InChI=1S/C55H83N17O18S/c1-27(2)20-35(49(84)71-39(54(89)90)23-42(58)75)67-50(85)36(22-29-25-61-26-63-29)69-52(87)40-7-5-18-72(40)53(88)38(21-28-8-10-30(73)11-9-28)70-48(83)34(16-19-91-3)66-47(82)33(13-15-43(76)77)65-51(86)37(24-44(78)79)68-46(81)32(6-4-17-62-55(59)60)64-45(80)31(56)12-14-41(57)74/h8-11,25-27,31-40,73H,4-7,12-24,56H2,1-3H3,(H2,57,74)(H2,58,75)(H,61,63)(H,64,80)(H,65,86)(H,66,82)(H,67,85)(H,68,81)(H,69,87)(H,70,83)(H,71,84)(H,76,77)(H,78,79)(H,89,90)(H4,59,60,62)/t31-,32-,33-,34-,35-,36-,37-,38-,39-,40-/m0/s1. The lowest BCUT2D eigenvalue weighted by Gasteiger charge is -2.31. The molecule has 91 heavy (non-hydrogen) atoms. The summed E-state index contributed by atoms with van der Waals surface area (Å²) in [6.45, 7) is 3.34. The van der Waals surface area contributed by atoms with Crippen LogP contribution in [0.25, 0.3) is 0 Å². The summed E-state index contributed by atoms with van der Waals surface area (Å²) in [7, 11) is 0. The molecule has 11 amide bonds. The molecule has 0 radical (unpaired) electrons. The lowest BCUT2D eigenvalue weighted by atomic mass is 10.0. The number of amides is 11. The number of carbonyl (C=O) groups excluding carboxylic acids is 11. The van der Waals surface area contributed by atoms with Gasteiger partial charge in [-0.3, -0.25) is 67.3 Å². The highest BCUT2D eigenvalue weighted by Crippen LogP contribution is 2.22. The zero-order chi connectivity index (χ0) is 68.1. The number of phenols is 1. The third-order valence-electron chi connectivity index (χ3n) is 14.0. The molecule has 0 spiro atoms. The van der Waals surface area contributed by atoms with E-state index in [4.69, 9.17) is 28.7 Å². The van der Waals surface area contributed by atoms with Crippen molar-refractivity contribution in [1.29, 1.82) is 0 Å². The van der Waals surface area contributed by atoms with Gasteiger partial charge in [-0.15, -0.1) is 0 Å². The zero-order valence-corrected chi connectivity index (χ0v) is 51.3. The second kappa shape index (κ2) is 38.1. The third-order valence-corrected chi connectivity index (χ3v) is 14.6. The summed E-state index contributed by atoms with van der Waals surface area (Å²) >= 11 is 1.24. The molecule has 0 bridgehead atoms. The average Bonchev–Trinajstić information content (AvgIpc) is 1.80. The van der Waals surface area contributed by atoms with Crippen LogP contribution in [0.15, 0.2) is 41.8 Å². The minimum atomic E-state index is -2.00. The van der Waals surface area contributed by atoms with E-state index in [0.717, 1.165) is 0 Å². The molecule has 502 valence electrons. The molecular formula is C55H83N17O18S. The van der Waals surface area contributed by atoms with Gasteiger partial charge in [-0.05, 0) is 87.0 Å². The Hall–Kier alpha value is -9.61. The number of aromatic nitrogens is 2. The Morgan fingerprint density at radius 1 is 0.637 bits per heavy atom. The monoisotopic (exact) mass is 1300 g/mol. The Balaban J connectivity index is 1.97. The number of aliphatic imine (C=N–C) groups is 1. The minimum Gasteiger partial charge on any atom is -0.508 e. The van der Waals surface area contributed by atoms with Crippen molar-refractivity contribution in [3.8, 4) is 5.75 Å². The van der Waals surface area contributed by atoms with Crippen molar-refractivity contribution in [3.05, 3.63) is 48.0 Å². The Morgan fingerprint density at radius 2 is 1.19 bits per heavy atom. The molecule has 1 aromatic heterocycles. The molecule has 3 rings (SSSR count). The number of H-pyrrole nitrogens is 1. The van der Waals surface area contributed by atoms with E-state index in [1.54, 1.807) is 20.1 Å². The van der Waals surface area contributed by atoms with Crippen LogP contribution in [0.2, 0.25) is 0 Å². The summed E-state index contributed by atoms with van der Waals surface area (Å²) in [6.07, 6.45) is -0.0342. The van der Waals surface area contributed by atoms with E-state index in [0.29, 0.717) is 11.3 Å². The first kappa shape index (κ1) is 75.6. The number of nitrogens with zero attached hydrogens (tertiary/aromatic N) is 3. The van der Waals surface area contributed by atoms with E-state index in [-0.39, 0.29) is 101 Å². The maximum atomic E-state index is 14.9. The summed E-state index contributed by atoms with van der Waals surface area (Å²) in [4.78, 5) is 198. The number of likely N-dealkylation sites (tertiary alicyclic amines) is 1. The van der Waals surface area contributed by atoms with Crippen LogP contribution >= 0.6 is 11.8 Å². The normalized spacial score (nSPS) is 15.7. The van der Waals surface area contributed by atoms with Crippen LogP contribution in [0.4, 0.5) is 0 Å². The predicted octanol–water partition coefficient (Wildman–Crippen LogP) is -5.49. The summed E-state index contributed by atoms with van der Waals surface area (Å²) in [5.41, 5.74) is 27.8. The molecule has 2 aromatic rings. The highest BCUT2D eigenvalue weighted by atomic mass is 32.2. The van der Waals surface area contributed by atoms with Gasteiger partial charge >= 0.3 is 17.9 Å². The Labute approximate surface area is 526 Å². The number of primary amides is 2. The molecule has 1 aliphatic heterocycles. The number of hydrogen-bond donors (Lipinski definition) is 18. The first-order chi connectivity index (χ1) is 42.9. The molecule has 0 unspecified atom stereocenters. The number of hydrogen-bond acceptors (Lipinski definition) is 19. The van der Waals surface area contributed by atoms with Crippen LogP contribution in [0.1, 0.15) is 102 Å². The summed E-state index contributed by atoms with van der Waals surface area (Å²) in [5.74, 6) is -16.0. The molecule has 23 N–H and O–H groups in total. The maximum absolute atomic E-state index is 14.9. The largest absolute Gasteiger partial charge is 0.508 e. The summed E-state index contributed by atoms with van der Waals surface area (Å²) in [5, 5.41) is 58.7. The quantitative estimate of drug-likeness (QED) is 0.0168. The van der Waals surface area contributed by atoms with E-state index >= 15 is 0 Å². The van der Waals surface area contributed by atoms with E-state index in [2.05, 4.69) is 57.5 Å². The van der Waals surface area contributed by atoms with Crippen LogP contribution < -0.4 is 71.2 Å². The molecular weight excluding hydrogens is 1220 g/mol. The third kappa shape index (κ3) is 27.4. The van der Waals surface area contributed by atoms with Gasteiger partial charge in [-0.1, -0.05) is 26.0 Å². The van der Waals surface area contributed by atoms with Crippen molar-refractivity contribution in [2.24, 2.45) is 39.6 Å². The van der Waals surface area contributed by atoms with Crippen molar-refractivity contribution in [1.82, 2.24) is 57.4 Å². The van der Waals surface area contributed by atoms with Crippen LogP contribution in [0, 0.1) is 5.92 Å². The van der Waals surface area contributed by atoms with Gasteiger partial charge < -0.3 is 102 Å². The van der Waals surface area contributed by atoms with Crippen molar-refractivity contribution in [3.63, 3.8) is 0 Å². The molecule has 35 nitrogen and oxygen atoms in total. The van der Waals surface area contributed by atoms with Gasteiger partial charge in [0.05, 0.1) is 25.2 Å². The van der Waals surface area contributed by atoms with Crippen LogP contribution in [0.5, 0.6) is 5.75 Å². The minimum absolute atomic E-state index is 0.0265. The van der Waals surface area contributed by atoms with Crippen LogP contribution in [-0.2, 0) is 80.0 Å². The lowest BCUT2D eigenvalue weighted by molar-refractivity contribution is -0.144. The maximum Gasteiger partial charge on any atom is 0.326 e. The highest BCUT2D eigenvalue weighted by Gasteiger charge is 2.41. The van der Waals surface area contributed by atoms with E-state index < -0.39 is 169 Å². The number of guanidine groups is 1. The first-order valence-corrected chi connectivity index (χ1v) is 30.3. The van der Waals surface area contributed by atoms with Gasteiger partial charge in [-0.2, -0.15) is 11.8 Å². The van der Waals surface area contributed by atoms with Gasteiger partial charge in [0, 0.05) is 50.7 Å². The molecule has 1 aromatic carbocycles. The van der Waals surface area contributed by atoms with Crippen molar-refractivity contribution in [2.75, 3.05) is 25.1 Å². The number of aliphatic carboxylic acids is 3. The number of benzene rings is 1. The van der Waals surface area contributed by atoms with E-state index in [1.165, 1.54) is 53.5 Å². The van der Waals surface area contributed by atoms with Gasteiger partial charge in [-0.25, -0.2) is 9.78 Å². The number of imidazole rings is 1. The fourth-order valence-electron chi connectivity index (χ4n) is 9.31. The Bertz CT molecular complexity index is 2910. The fraction of sp³-hybridized carbons (Fsp3) is 0.564. The number of thioether (sulfide) groups is 1. The Morgan fingerprint density at radius 3 is 1.74 bits per heavy atom. The number of aromatic hydroxyl groups is 1. The van der Waals surface area contributed by atoms with Crippen LogP contribution in [0.3, 0.4) is 0 Å².